The van der Waals surface area contributed by atoms with Crippen molar-refractivity contribution in [1.82, 2.24) is 0 Å². The van der Waals surface area contributed by atoms with Crippen LogP contribution >= 0.6 is 11.6 Å². The molecule has 0 saturated heterocycles. The molecule has 0 aliphatic carbocycles. The van der Waals surface area contributed by atoms with Crippen molar-refractivity contribution in [3.63, 3.8) is 0 Å². The molecule has 5 nitrogen and oxygen atoms in total. The van der Waals surface area contributed by atoms with Gasteiger partial charge in [-0.25, -0.2) is 0 Å². The van der Waals surface area contributed by atoms with Crippen LogP contribution in [0.2, 0.25) is 5.02 Å². The van der Waals surface area contributed by atoms with Crippen LogP contribution in [0.1, 0.15) is 5.56 Å². The summed E-state index contributed by atoms with van der Waals surface area (Å²) < 4.78 is 5.47. The fourth-order valence-corrected chi connectivity index (χ4v) is 2.13. The third kappa shape index (κ3) is 5.30. The first-order valence-corrected chi connectivity index (χ1v) is 7.73. The smallest absolute Gasteiger partial charge is 0.207 e. The molecule has 0 atom stereocenters. The minimum Gasteiger partial charge on any atom is -0.473 e. The van der Waals surface area contributed by atoms with Crippen LogP contribution in [0.25, 0.3) is 0 Å². The lowest BCUT2D eigenvalue weighted by molar-refractivity contribution is 0.182. The van der Waals surface area contributed by atoms with Crippen molar-refractivity contribution in [2.24, 2.45) is 0 Å². The first-order chi connectivity index (χ1) is 11.6. The van der Waals surface area contributed by atoms with Gasteiger partial charge in [-0.05, 0) is 30.3 Å². The maximum Gasteiger partial charge on any atom is 0.207 e. The molecule has 6 heteroatoms. The van der Waals surface area contributed by atoms with Gasteiger partial charge in [0.05, 0.1) is 12.8 Å². The third-order valence-corrected chi connectivity index (χ3v) is 3.57. The van der Waals surface area contributed by atoms with Gasteiger partial charge in [0.1, 0.15) is 6.61 Å². The summed E-state index contributed by atoms with van der Waals surface area (Å²) in [5.41, 5.74) is 2.72. The second kappa shape index (κ2) is 8.96. The van der Waals surface area contributed by atoms with Crippen LogP contribution in [0.3, 0.4) is 0 Å². The molecule has 0 aromatic heterocycles. The van der Waals surface area contributed by atoms with Gasteiger partial charge in [-0.2, -0.15) is 0 Å². The Bertz CT molecular complexity index is 702. The van der Waals surface area contributed by atoms with Crippen molar-refractivity contribution < 1.29 is 9.57 Å². The Kier molecular flexibility index (Phi) is 6.66. The minimum absolute atomic E-state index is 0.0614. The molecular formula is C18H20ClN3O2. The summed E-state index contributed by atoms with van der Waals surface area (Å²) in [6.45, 7) is 0.286. The molecule has 2 aromatic rings. The van der Waals surface area contributed by atoms with E-state index in [1.807, 2.05) is 43.4 Å². The summed E-state index contributed by atoms with van der Waals surface area (Å²) in [7, 11) is 3.42. The predicted octanol–water partition coefficient (Wildman–Crippen LogP) is 4.46. The maximum atomic E-state index is 7.85. The van der Waals surface area contributed by atoms with E-state index in [-0.39, 0.29) is 12.5 Å². The van der Waals surface area contributed by atoms with E-state index < -0.39 is 0 Å². The lowest BCUT2D eigenvalue weighted by Crippen LogP contribution is -2.17. The molecule has 2 aromatic carbocycles. The Morgan fingerprint density at radius 1 is 1.21 bits per heavy atom. The van der Waals surface area contributed by atoms with E-state index in [2.05, 4.69) is 5.32 Å². The number of hydrogen-bond acceptors (Lipinski definition) is 5. The Labute approximate surface area is 146 Å². The van der Waals surface area contributed by atoms with Crippen molar-refractivity contribution >= 4 is 28.9 Å². The minimum atomic E-state index is 0.0614. The highest BCUT2D eigenvalue weighted by atomic mass is 35.5. The number of anilines is 2. The molecule has 0 aliphatic heterocycles. The van der Waals surface area contributed by atoms with Crippen LogP contribution < -0.4 is 10.4 Å². The van der Waals surface area contributed by atoms with E-state index >= 15 is 0 Å². The average Bonchev–Trinajstić information content (AvgIpc) is 2.61. The van der Waals surface area contributed by atoms with Crippen molar-refractivity contribution in [3.8, 4) is 0 Å². The van der Waals surface area contributed by atoms with Gasteiger partial charge in [-0.1, -0.05) is 29.8 Å². The average molecular weight is 346 g/mol. The molecule has 2 rings (SSSR count). The molecular weight excluding hydrogens is 326 g/mol. The molecule has 0 heterocycles. The molecule has 0 bridgehead atoms. The van der Waals surface area contributed by atoms with Gasteiger partial charge in [0, 0.05) is 35.6 Å². The van der Waals surface area contributed by atoms with Crippen LogP contribution in [0.5, 0.6) is 0 Å². The highest BCUT2D eigenvalue weighted by Gasteiger charge is 2.07. The second-order valence-corrected chi connectivity index (χ2v) is 5.38. The molecule has 126 valence electrons. The Hall–Kier alpha value is -2.50. The lowest BCUT2D eigenvalue weighted by Gasteiger charge is -2.19. The Morgan fingerprint density at radius 2 is 1.92 bits per heavy atom. The summed E-state index contributed by atoms with van der Waals surface area (Å²) in [5.74, 6) is 0.0614. The second-order valence-electron chi connectivity index (χ2n) is 4.95. The molecule has 0 radical (unpaired) electrons. The summed E-state index contributed by atoms with van der Waals surface area (Å²) in [5, 5.41) is 13.2. The van der Waals surface area contributed by atoms with Gasteiger partial charge in [0.2, 0.25) is 5.90 Å². The van der Waals surface area contributed by atoms with Crippen molar-refractivity contribution in [3.05, 3.63) is 71.4 Å². The van der Waals surface area contributed by atoms with Gasteiger partial charge in [-0.15, -0.1) is 0 Å². The normalized spacial score (nSPS) is 10.6. The number of ether oxygens (including phenoxy) is 1. The molecule has 0 spiro atoms. The zero-order chi connectivity index (χ0) is 17.4. The SMILES string of the molecule is CON(C)c1ccccc1COC(=N)/C=C\Nc1ccc(Cl)cc1. The number of nitrogens with one attached hydrogen (secondary N) is 2. The summed E-state index contributed by atoms with van der Waals surface area (Å²) in [4.78, 5) is 5.20. The molecule has 24 heavy (non-hydrogen) atoms. The van der Waals surface area contributed by atoms with E-state index in [9.17, 15) is 0 Å². The first kappa shape index (κ1) is 17.8. The Morgan fingerprint density at radius 3 is 2.62 bits per heavy atom. The zero-order valence-corrected chi connectivity index (χ0v) is 14.4. The molecule has 0 aliphatic rings. The summed E-state index contributed by atoms with van der Waals surface area (Å²) >= 11 is 5.83. The number of hydrogen-bond donors (Lipinski definition) is 2. The zero-order valence-electron chi connectivity index (χ0n) is 13.6. The van der Waals surface area contributed by atoms with Gasteiger partial charge in [0.15, 0.2) is 0 Å². The highest BCUT2D eigenvalue weighted by molar-refractivity contribution is 6.30. The van der Waals surface area contributed by atoms with Gasteiger partial charge in [0.25, 0.3) is 0 Å². The molecule has 0 unspecified atom stereocenters. The van der Waals surface area contributed by atoms with E-state index in [1.165, 1.54) is 0 Å². The largest absolute Gasteiger partial charge is 0.473 e. The van der Waals surface area contributed by atoms with E-state index in [4.69, 9.17) is 26.6 Å². The topological polar surface area (TPSA) is 57.6 Å². The van der Waals surface area contributed by atoms with Crippen molar-refractivity contribution in [1.29, 1.82) is 5.41 Å². The van der Waals surface area contributed by atoms with Crippen molar-refractivity contribution in [2.45, 2.75) is 6.61 Å². The van der Waals surface area contributed by atoms with Crippen LogP contribution in [0, 0.1) is 5.41 Å². The quantitative estimate of drug-likeness (QED) is 0.442. The number of nitrogens with zero attached hydrogens (tertiary/aromatic N) is 1. The van der Waals surface area contributed by atoms with Gasteiger partial charge >= 0.3 is 0 Å². The van der Waals surface area contributed by atoms with Crippen LogP contribution in [-0.4, -0.2) is 20.1 Å². The van der Waals surface area contributed by atoms with Crippen LogP contribution in [-0.2, 0) is 16.2 Å². The fraction of sp³-hybridized carbons (Fsp3) is 0.167. The first-order valence-electron chi connectivity index (χ1n) is 7.36. The highest BCUT2D eigenvalue weighted by Crippen LogP contribution is 2.20. The molecule has 0 amide bonds. The monoisotopic (exact) mass is 345 g/mol. The predicted molar refractivity (Wildman–Crippen MR) is 98.6 cm³/mol. The molecule has 0 fully saturated rings. The number of para-hydroxylation sites is 1. The van der Waals surface area contributed by atoms with E-state index in [0.29, 0.717) is 5.02 Å². The summed E-state index contributed by atoms with van der Waals surface area (Å²) in [6.07, 6.45) is 3.20. The van der Waals surface area contributed by atoms with Crippen LogP contribution in [0.15, 0.2) is 60.8 Å². The summed E-state index contributed by atoms with van der Waals surface area (Å²) in [6, 6.07) is 15.0. The fourth-order valence-electron chi connectivity index (χ4n) is 2.00. The standard InChI is InChI=1S/C18H20ClN3O2/c1-22(23-2)17-6-4-3-5-14(17)13-24-18(20)11-12-21-16-9-7-15(19)8-10-16/h3-12,20-21H,13H2,1-2H3/b12-11-,20-18?. The van der Waals surface area contributed by atoms with Gasteiger partial charge < -0.3 is 10.1 Å². The number of rotatable bonds is 7. The Balaban J connectivity index is 1.87. The molecule has 0 saturated carbocycles. The lowest BCUT2D eigenvalue weighted by atomic mass is 10.2. The molecule has 2 N–H and O–H groups in total. The third-order valence-electron chi connectivity index (χ3n) is 3.32. The van der Waals surface area contributed by atoms with Gasteiger partial charge in [-0.3, -0.25) is 15.3 Å². The number of hydroxylamine groups is 1. The number of benzene rings is 2. The van der Waals surface area contributed by atoms with Crippen LogP contribution in [0.4, 0.5) is 11.4 Å². The van der Waals surface area contributed by atoms with E-state index in [0.717, 1.165) is 16.9 Å². The van der Waals surface area contributed by atoms with E-state index in [1.54, 1.807) is 36.6 Å². The number of halogens is 1. The van der Waals surface area contributed by atoms with Crippen molar-refractivity contribution in [2.75, 3.05) is 24.5 Å². The maximum absolute atomic E-state index is 7.85.